The molecule has 8 nitrogen and oxygen atoms in total. The van der Waals surface area contributed by atoms with Gasteiger partial charge in [0, 0.05) is 18.8 Å². The lowest BCUT2D eigenvalue weighted by Crippen LogP contribution is -2.38. The SMILES string of the molecule is CCN(CC)S(=O)(=O)c1ccc(NC(=O)CN(c2cc(C)cc(C)c2)S(=O)(=O)c2ccc(C)cc2)cc1. The summed E-state index contributed by atoms with van der Waals surface area (Å²) in [4.78, 5) is 13.2. The zero-order valence-corrected chi connectivity index (χ0v) is 23.4. The lowest BCUT2D eigenvalue weighted by molar-refractivity contribution is -0.114. The molecule has 0 unspecified atom stereocenters. The van der Waals surface area contributed by atoms with Gasteiger partial charge in [-0.1, -0.05) is 37.6 Å². The Bertz CT molecular complexity index is 1440. The van der Waals surface area contributed by atoms with E-state index < -0.39 is 32.5 Å². The number of nitrogens with zero attached hydrogens (tertiary/aromatic N) is 2. The predicted octanol–water partition coefficient (Wildman–Crippen LogP) is 4.48. The molecule has 0 fully saturated rings. The zero-order valence-electron chi connectivity index (χ0n) is 21.7. The van der Waals surface area contributed by atoms with Crippen LogP contribution in [0.1, 0.15) is 30.5 Å². The zero-order chi connectivity index (χ0) is 27.4. The van der Waals surface area contributed by atoms with Gasteiger partial charge in [-0.25, -0.2) is 16.8 Å². The van der Waals surface area contributed by atoms with E-state index in [1.54, 1.807) is 38.1 Å². The molecule has 0 saturated heterocycles. The molecule has 3 rings (SSSR count). The molecular weight excluding hydrogens is 510 g/mol. The van der Waals surface area contributed by atoms with Crippen molar-refractivity contribution in [3.63, 3.8) is 0 Å². The first-order valence-electron chi connectivity index (χ1n) is 12.0. The molecule has 0 aliphatic heterocycles. The molecule has 198 valence electrons. The average molecular weight is 544 g/mol. The van der Waals surface area contributed by atoms with E-state index in [-0.39, 0.29) is 9.79 Å². The standard InChI is InChI=1S/C27H33N3O5S2/c1-6-29(7-2)36(32,33)25-14-10-23(11-15-25)28-27(31)19-30(24-17-21(4)16-22(5)18-24)37(34,35)26-12-8-20(3)9-13-26/h8-18H,6-7,19H2,1-5H3,(H,28,31). The average Bonchev–Trinajstić information content (AvgIpc) is 2.83. The molecule has 3 aromatic rings. The minimum absolute atomic E-state index is 0.0796. The summed E-state index contributed by atoms with van der Waals surface area (Å²) in [5.74, 6) is -0.561. The van der Waals surface area contributed by atoms with Gasteiger partial charge in [0.1, 0.15) is 6.54 Å². The molecule has 0 radical (unpaired) electrons. The van der Waals surface area contributed by atoms with E-state index in [1.165, 1.54) is 40.7 Å². The van der Waals surface area contributed by atoms with Crippen molar-refractivity contribution in [1.82, 2.24) is 4.31 Å². The third-order valence-corrected chi connectivity index (χ3v) is 9.72. The second-order valence-electron chi connectivity index (χ2n) is 8.83. The smallest absolute Gasteiger partial charge is 0.264 e. The molecule has 10 heteroatoms. The van der Waals surface area contributed by atoms with E-state index in [2.05, 4.69) is 5.32 Å². The quantitative estimate of drug-likeness (QED) is 0.406. The Kier molecular flexibility index (Phi) is 8.78. The van der Waals surface area contributed by atoms with Crippen LogP contribution in [0.5, 0.6) is 0 Å². The van der Waals surface area contributed by atoms with Gasteiger partial charge < -0.3 is 5.32 Å². The highest BCUT2D eigenvalue weighted by Gasteiger charge is 2.28. The molecule has 1 amide bonds. The monoisotopic (exact) mass is 543 g/mol. The van der Waals surface area contributed by atoms with Crippen LogP contribution in [0, 0.1) is 20.8 Å². The molecule has 0 aliphatic rings. The van der Waals surface area contributed by atoms with Gasteiger partial charge in [0.05, 0.1) is 15.5 Å². The molecule has 0 saturated carbocycles. The second kappa shape index (κ2) is 11.5. The number of nitrogens with one attached hydrogen (secondary N) is 1. The normalized spacial score (nSPS) is 11.9. The highest BCUT2D eigenvalue weighted by Crippen LogP contribution is 2.26. The summed E-state index contributed by atoms with van der Waals surface area (Å²) in [6, 6.07) is 17.7. The minimum Gasteiger partial charge on any atom is -0.325 e. The van der Waals surface area contributed by atoms with E-state index in [0.29, 0.717) is 24.5 Å². The van der Waals surface area contributed by atoms with Gasteiger partial charge in [0.15, 0.2) is 0 Å². The van der Waals surface area contributed by atoms with Crippen LogP contribution in [0.25, 0.3) is 0 Å². The van der Waals surface area contributed by atoms with Gasteiger partial charge in [0.25, 0.3) is 10.0 Å². The van der Waals surface area contributed by atoms with Crippen molar-refractivity contribution in [2.24, 2.45) is 0 Å². The topological polar surface area (TPSA) is 104 Å². The molecular formula is C27H33N3O5S2. The fraction of sp³-hybridized carbons (Fsp3) is 0.296. The van der Waals surface area contributed by atoms with Crippen molar-refractivity contribution < 1.29 is 21.6 Å². The van der Waals surface area contributed by atoms with Crippen molar-refractivity contribution in [3.05, 3.63) is 83.4 Å². The van der Waals surface area contributed by atoms with E-state index in [1.807, 2.05) is 26.8 Å². The molecule has 0 bridgehead atoms. The highest BCUT2D eigenvalue weighted by atomic mass is 32.2. The molecule has 1 N–H and O–H groups in total. The minimum atomic E-state index is -4.05. The fourth-order valence-corrected chi connectivity index (χ4v) is 6.86. The van der Waals surface area contributed by atoms with Gasteiger partial charge >= 0.3 is 0 Å². The van der Waals surface area contributed by atoms with Gasteiger partial charge in [-0.2, -0.15) is 4.31 Å². The van der Waals surface area contributed by atoms with E-state index >= 15 is 0 Å². The maximum Gasteiger partial charge on any atom is 0.264 e. The van der Waals surface area contributed by atoms with Crippen LogP contribution in [-0.4, -0.2) is 46.7 Å². The first-order valence-corrected chi connectivity index (χ1v) is 14.8. The van der Waals surface area contributed by atoms with Crippen LogP contribution in [0.3, 0.4) is 0 Å². The predicted molar refractivity (Wildman–Crippen MR) is 147 cm³/mol. The number of sulfonamides is 2. The number of anilines is 2. The second-order valence-corrected chi connectivity index (χ2v) is 12.6. The van der Waals surface area contributed by atoms with E-state index in [4.69, 9.17) is 0 Å². The van der Waals surface area contributed by atoms with Crippen molar-refractivity contribution in [1.29, 1.82) is 0 Å². The molecule has 3 aromatic carbocycles. The summed E-state index contributed by atoms with van der Waals surface area (Å²) in [5, 5.41) is 2.69. The highest BCUT2D eigenvalue weighted by molar-refractivity contribution is 7.92. The van der Waals surface area contributed by atoms with Crippen molar-refractivity contribution in [3.8, 4) is 0 Å². The lowest BCUT2D eigenvalue weighted by atomic mass is 10.1. The summed E-state index contributed by atoms with van der Waals surface area (Å²) in [6.07, 6.45) is 0. The lowest BCUT2D eigenvalue weighted by Gasteiger charge is -2.25. The number of benzene rings is 3. The molecule has 0 aliphatic carbocycles. The summed E-state index contributed by atoms with van der Waals surface area (Å²) in [5.41, 5.74) is 3.39. The third-order valence-electron chi connectivity index (χ3n) is 5.87. The van der Waals surface area contributed by atoms with Crippen molar-refractivity contribution in [2.45, 2.75) is 44.4 Å². The van der Waals surface area contributed by atoms with Crippen LogP contribution < -0.4 is 9.62 Å². The molecule has 0 atom stereocenters. The van der Waals surface area contributed by atoms with Gasteiger partial charge in [-0.05, 0) is 80.4 Å². The first kappa shape index (κ1) is 28.4. The maximum atomic E-state index is 13.6. The number of hydrogen-bond donors (Lipinski definition) is 1. The largest absolute Gasteiger partial charge is 0.325 e. The van der Waals surface area contributed by atoms with Gasteiger partial charge in [0.2, 0.25) is 15.9 Å². The van der Waals surface area contributed by atoms with Crippen molar-refractivity contribution in [2.75, 3.05) is 29.3 Å². The first-order chi connectivity index (χ1) is 17.4. The maximum absolute atomic E-state index is 13.6. The molecule has 37 heavy (non-hydrogen) atoms. The van der Waals surface area contributed by atoms with Crippen LogP contribution >= 0.6 is 0 Å². The summed E-state index contributed by atoms with van der Waals surface area (Å²) in [6.45, 7) is 9.36. The van der Waals surface area contributed by atoms with E-state index in [9.17, 15) is 21.6 Å². The summed E-state index contributed by atoms with van der Waals surface area (Å²) < 4.78 is 55.1. The fourth-order valence-electron chi connectivity index (χ4n) is 4.00. The Labute approximate surface area is 220 Å². The van der Waals surface area contributed by atoms with Crippen LogP contribution in [0.15, 0.2) is 76.5 Å². The number of amides is 1. The Balaban J connectivity index is 1.89. The van der Waals surface area contributed by atoms with Gasteiger partial charge in [-0.15, -0.1) is 0 Å². The molecule has 0 aromatic heterocycles. The van der Waals surface area contributed by atoms with Crippen LogP contribution in [-0.2, 0) is 24.8 Å². The van der Waals surface area contributed by atoms with Gasteiger partial charge in [-0.3, -0.25) is 9.10 Å². The Morgan fingerprint density at radius 2 is 1.19 bits per heavy atom. The Hall–Kier alpha value is -3.21. The Morgan fingerprint density at radius 3 is 1.70 bits per heavy atom. The van der Waals surface area contributed by atoms with Crippen LogP contribution in [0.4, 0.5) is 11.4 Å². The van der Waals surface area contributed by atoms with Crippen molar-refractivity contribution >= 4 is 37.3 Å². The number of aryl methyl sites for hydroxylation is 3. The molecule has 0 spiro atoms. The third kappa shape index (κ3) is 6.57. The number of carbonyl (C=O) groups excluding carboxylic acids is 1. The number of rotatable bonds is 10. The summed E-state index contributed by atoms with van der Waals surface area (Å²) in [7, 11) is -7.68. The van der Waals surface area contributed by atoms with E-state index in [0.717, 1.165) is 21.0 Å². The Morgan fingerprint density at radius 1 is 0.703 bits per heavy atom. The number of carbonyl (C=O) groups is 1. The molecule has 0 heterocycles. The number of hydrogen-bond acceptors (Lipinski definition) is 5. The van der Waals surface area contributed by atoms with Crippen LogP contribution in [0.2, 0.25) is 0 Å². The summed E-state index contributed by atoms with van der Waals surface area (Å²) >= 11 is 0.